The minimum absolute atomic E-state index is 0.634. The van der Waals surface area contributed by atoms with E-state index in [1.165, 1.54) is 0 Å². The summed E-state index contributed by atoms with van der Waals surface area (Å²) in [4.78, 5) is 4.30. The molecule has 0 spiro atoms. The molecule has 1 aromatic carbocycles. The quantitative estimate of drug-likeness (QED) is 0.501. The lowest BCUT2D eigenvalue weighted by Crippen LogP contribution is -1.99. The predicted molar refractivity (Wildman–Crippen MR) is 76.4 cm³/mol. The van der Waals surface area contributed by atoms with Crippen LogP contribution in [-0.2, 0) is 6.42 Å². The van der Waals surface area contributed by atoms with Crippen LogP contribution in [0.15, 0.2) is 35.2 Å². The van der Waals surface area contributed by atoms with E-state index in [-0.39, 0.29) is 0 Å². The van der Waals surface area contributed by atoms with Crippen LogP contribution >= 0.6 is 0 Å². The molecule has 5 heteroatoms. The molecule has 0 saturated heterocycles. The molecule has 2 aromatic heterocycles. The van der Waals surface area contributed by atoms with Gasteiger partial charge in [0, 0.05) is 17.5 Å². The van der Waals surface area contributed by atoms with Crippen molar-refractivity contribution in [3.8, 4) is 35.1 Å². The maximum absolute atomic E-state index is 5.55. The maximum Gasteiger partial charge on any atom is 0.172 e. The highest BCUT2D eigenvalue weighted by molar-refractivity contribution is 5.75. The van der Waals surface area contributed by atoms with Gasteiger partial charge < -0.3 is 13.8 Å². The SMILES string of the molecule is C#Cc1ncn2c1Cc1cnoc1-c1cc(OC)ccc1-2. The van der Waals surface area contributed by atoms with Gasteiger partial charge in [0.15, 0.2) is 5.76 Å². The van der Waals surface area contributed by atoms with E-state index in [9.17, 15) is 0 Å². The fourth-order valence-corrected chi connectivity index (χ4v) is 2.69. The summed E-state index contributed by atoms with van der Waals surface area (Å²) in [6, 6.07) is 5.81. The van der Waals surface area contributed by atoms with Crippen LogP contribution in [0.1, 0.15) is 17.0 Å². The molecular formula is C16H11N3O2. The van der Waals surface area contributed by atoms with Gasteiger partial charge in [-0.1, -0.05) is 5.16 Å². The normalized spacial score (nSPS) is 11.8. The second-order valence-electron chi connectivity index (χ2n) is 4.79. The molecule has 0 N–H and O–H groups in total. The first kappa shape index (κ1) is 11.8. The molecule has 0 bridgehead atoms. The topological polar surface area (TPSA) is 53.1 Å². The zero-order valence-corrected chi connectivity index (χ0v) is 11.3. The lowest BCUT2D eigenvalue weighted by molar-refractivity contribution is 0.413. The van der Waals surface area contributed by atoms with Crippen molar-refractivity contribution in [1.29, 1.82) is 0 Å². The van der Waals surface area contributed by atoms with E-state index < -0.39 is 0 Å². The zero-order valence-electron chi connectivity index (χ0n) is 11.3. The Hall–Kier alpha value is -3.00. The highest BCUT2D eigenvalue weighted by Gasteiger charge is 2.25. The third-order valence-corrected chi connectivity index (χ3v) is 3.71. The Bertz CT molecular complexity index is 883. The number of benzene rings is 1. The molecule has 0 unspecified atom stereocenters. The molecule has 0 radical (unpaired) electrons. The third kappa shape index (κ3) is 1.59. The first-order valence-corrected chi connectivity index (χ1v) is 6.47. The Labute approximate surface area is 121 Å². The van der Waals surface area contributed by atoms with Crippen molar-refractivity contribution < 1.29 is 9.26 Å². The molecule has 102 valence electrons. The number of terminal acetylenes is 1. The van der Waals surface area contributed by atoms with Gasteiger partial charge in [-0.05, 0) is 24.1 Å². The van der Waals surface area contributed by atoms with Gasteiger partial charge in [-0.3, -0.25) is 0 Å². The minimum atomic E-state index is 0.634. The molecule has 0 amide bonds. The molecule has 5 nitrogen and oxygen atoms in total. The number of nitrogens with zero attached hydrogens (tertiary/aromatic N) is 3. The van der Waals surface area contributed by atoms with E-state index in [1.807, 2.05) is 22.8 Å². The fraction of sp³-hybridized carbons (Fsp3) is 0.125. The number of ether oxygens (including phenoxy) is 1. The second-order valence-corrected chi connectivity index (χ2v) is 4.79. The van der Waals surface area contributed by atoms with Crippen LogP contribution in [0.4, 0.5) is 0 Å². The van der Waals surface area contributed by atoms with Crippen molar-refractivity contribution in [3.63, 3.8) is 0 Å². The van der Waals surface area contributed by atoms with Gasteiger partial charge in [0.2, 0.25) is 0 Å². The van der Waals surface area contributed by atoms with Gasteiger partial charge in [-0.15, -0.1) is 6.42 Å². The highest BCUT2D eigenvalue weighted by Crippen LogP contribution is 2.37. The average Bonchev–Trinajstić information content (AvgIpc) is 3.11. The minimum Gasteiger partial charge on any atom is -0.497 e. The number of fused-ring (bicyclic) bond motifs is 5. The smallest absolute Gasteiger partial charge is 0.172 e. The van der Waals surface area contributed by atoms with E-state index in [0.717, 1.165) is 34.0 Å². The summed E-state index contributed by atoms with van der Waals surface area (Å²) in [6.45, 7) is 0. The Morgan fingerprint density at radius 1 is 1.43 bits per heavy atom. The summed E-state index contributed by atoms with van der Waals surface area (Å²) < 4.78 is 12.8. The van der Waals surface area contributed by atoms with Crippen molar-refractivity contribution in [3.05, 3.63) is 47.7 Å². The van der Waals surface area contributed by atoms with Gasteiger partial charge in [-0.2, -0.15) is 0 Å². The van der Waals surface area contributed by atoms with Crippen LogP contribution in [-0.4, -0.2) is 21.8 Å². The molecule has 3 aromatic rings. The Kier molecular flexibility index (Phi) is 2.39. The van der Waals surface area contributed by atoms with Crippen molar-refractivity contribution in [1.82, 2.24) is 14.7 Å². The summed E-state index contributed by atoms with van der Waals surface area (Å²) >= 11 is 0. The summed E-state index contributed by atoms with van der Waals surface area (Å²) in [6.07, 6.45) is 9.65. The van der Waals surface area contributed by atoms with Gasteiger partial charge in [0.1, 0.15) is 17.8 Å². The molecule has 4 rings (SSSR count). The predicted octanol–water partition coefficient (Wildman–Crippen LogP) is 2.42. The Morgan fingerprint density at radius 2 is 2.33 bits per heavy atom. The molecule has 1 aliphatic heterocycles. The summed E-state index contributed by atoms with van der Waals surface area (Å²) in [5.41, 5.74) is 4.47. The van der Waals surface area contributed by atoms with Crippen LogP contribution in [0.25, 0.3) is 17.0 Å². The van der Waals surface area contributed by atoms with Gasteiger partial charge in [-0.25, -0.2) is 4.98 Å². The number of aromatic nitrogens is 3. The molecule has 0 aliphatic carbocycles. The molecule has 0 fully saturated rings. The number of methoxy groups -OCH3 is 1. The Balaban J connectivity index is 2.08. The number of rotatable bonds is 1. The van der Waals surface area contributed by atoms with Crippen molar-refractivity contribution in [2.24, 2.45) is 0 Å². The molecule has 1 aliphatic rings. The van der Waals surface area contributed by atoms with Crippen LogP contribution in [0.3, 0.4) is 0 Å². The molecular weight excluding hydrogens is 266 g/mol. The summed E-state index contributed by atoms with van der Waals surface area (Å²) in [5, 5.41) is 3.92. The largest absolute Gasteiger partial charge is 0.497 e. The average molecular weight is 277 g/mol. The van der Waals surface area contributed by atoms with E-state index in [2.05, 4.69) is 16.1 Å². The van der Waals surface area contributed by atoms with Crippen LogP contribution < -0.4 is 4.74 Å². The van der Waals surface area contributed by atoms with Crippen molar-refractivity contribution >= 4 is 0 Å². The van der Waals surface area contributed by atoms with Crippen LogP contribution in [0.2, 0.25) is 0 Å². The maximum atomic E-state index is 5.55. The third-order valence-electron chi connectivity index (χ3n) is 3.71. The van der Waals surface area contributed by atoms with Crippen molar-refractivity contribution in [2.75, 3.05) is 7.11 Å². The van der Waals surface area contributed by atoms with E-state index in [0.29, 0.717) is 12.1 Å². The molecule has 21 heavy (non-hydrogen) atoms. The Morgan fingerprint density at radius 3 is 3.14 bits per heavy atom. The highest BCUT2D eigenvalue weighted by atomic mass is 16.5. The van der Waals surface area contributed by atoms with Gasteiger partial charge >= 0.3 is 0 Å². The lowest BCUT2D eigenvalue weighted by atomic mass is 10.1. The number of hydrogen-bond acceptors (Lipinski definition) is 4. The standard InChI is InChI=1S/C16H11N3O2/c1-3-13-15-6-10-8-18-21-16(10)12-7-11(20-2)4-5-14(12)19(15)9-17-13/h1,4-5,7-9H,6H2,2H3. The van der Waals surface area contributed by atoms with E-state index in [4.69, 9.17) is 15.7 Å². The second kappa shape index (κ2) is 4.25. The van der Waals surface area contributed by atoms with Crippen LogP contribution in [0.5, 0.6) is 5.75 Å². The fourth-order valence-electron chi connectivity index (χ4n) is 2.69. The lowest BCUT2D eigenvalue weighted by Gasteiger charge is -2.10. The summed E-state index contributed by atoms with van der Waals surface area (Å²) in [5.74, 6) is 4.14. The first-order valence-electron chi connectivity index (χ1n) is 6.47. The molecule has 0 atom stereocenters. The van der Waals surface area contributed by atoms with Gasteiger partial charge in [0.05, 0.1) is 24.7 Å². The monoisotopic (exact) mass is 277 g/mol. The van der Waals surface area contributed by atoms with E-state index >= 15 is 0 Å². The van der Waals surface area contributed by atoms with Crippen molar-refractivity contribution in [2.45, 2.75) is 6.42 Å². The number of imidazole rings is 1. The van der Waals surface area contributed by atoms with Crippen LogP contribution in [0, 0.1) is 12.3 Å². The zero-order chi connectivity index (χ0) is 14.4. The summed E-state index contributed by atoms with van der Waals surface area (Å²) in [7, 11) is 1.64. The van der Waals surface area contributed by atoms with E-state index in [1.54, 1.807) is 19.6 Å². The first-order chi connectivity index (χ1) is 10.3. The number of hydrogen-bond donors (Lipinski definition) is 0. The van der Waals surface area contributed by atoms with Gasteiger partial charge in [0.25, 0.3) is 0 Å². The molecule has 3 heterocycles. The molecule has 0 saturated carbocycles.